The molecule has 0 heterocycles. The van der Waals surface area contributed by atoms with Crippen LogP contribution in [0.25, 0.3) is 0 Å². The lowest BCUT2D eigenvalue weighted by Gasteiger charge is -2.18. The van der Waals surface area contributed by atoms with Crippen LogP contribution in [0.2, 0.25) is 0 Å². The summed E-state index contributed by atoms with van der Waals surface area (Å²) >= 11 is 0. The maximum atomic E-state index is 12.8. The Labute approximate surface area is 411 Å². The number of ether oxygens (including phenoxy) is 3. The molecule has 0 fully saturated rings. The molecule has 0 aromatic carbocycles. The molecule has 1 unspecified atom stereocenters. The van der Waals surface area contributed by atoms with Gasteiger partial charge in [0.15, 0.2) is 6.10 Å². The second-order valence-electron chi connectivity index (χ2n) is 20.3. The molecule has 0 saturated carbocycles. The summed E-state index contributed by atoms with van der Waals surface area (Å²) in [5, 5.41) is 0. The molecule has 66 heavy (non-hydrogen) atoms. The Morgan fingerprint density at radius 3 is 0.758 bits per heavy atom. The highest BCUT2D eigenvalue weighted by molar-refractivity contribution is 5.71. The van der Waals surface area contributed by atoms with Gasteiger partial charge in [0.2, 0.25) is 0 Å². The number of carbonyl (C=O) groups is 3. The van der Waals surface area contributed by atoms with Crippen LogP contribution in [0.1, 0.15) is 335 Å². The predicted molar refractivity (Wildman–Crippen MR) is 284 cm³/mol. The summed E-state index contributed by atoms with van der Waals surface area (Å²) in [4.78, 5) is 37.9. The molecule has 0 aliphatic carbocycles. The molecular weight excluding hydrogens is 817 g/mol. The van der Waals surface area contributed by atoms with Crippen LogP contribution in [-0.2, 0) is 28.6 Å². The quantitative estimate of drug-likeness (QED) is 0.0262. The monoisotopic (exact) mass is 931 g/mol. The van der Waals surface area contributed by atoms with E-state index in [9.17, 15) is 14.4 Å². The van der Waals surface area contributed by atoms with Gasteiger partial charge in [0.05, 0.1) is 0 Å². The molecular formula is C60H114O6. The fourth-order valence-electron chi connectivity index (χ4n) is 9.03. The van der Waals surface area contributed by atoms with Crippen LogP contribution in [0.15, 0.2) is 12.2 Å². The van der Waals surface area contributed by atoms with Crippen molar-refractivity contribution in [2.75, 3.05) is 13.2 Å². The van der Waals surface area contributed by atoms with Crippen molar-refractivity contribution < 1.29 is 28.6 Å². The van der Waals surface area contributed by atoms with E-state index in [1.54, 1.807) is 0 Å². The Hall–Kier alpha value is -1.85. The van der Waals surface area contributed by atoms with Gasteiger partial charge in [0.1, 0.15) is 13.2 Å². The number of unbranched alkanes of at least 4 members (excludes halogenated alkanes) is 42. The van der Waals surface area contributed by atoms with E-state index in [2.05, 4.69) is 32.9 Å². The summed E-state index contributed by atoms with van der Waals surface area (Å²) in [6.07, 6.45) is 63.8. The zero-order valence-corrected chi connectivity index (χ0v) is 44.7. The molecule has 0 aromatic heterocycles. The lowest BCUT2D eigenvalue weighted by Crippen LogP contribution is -2.30. The summed E-state index contributed by atoms with van der Waals surface area (Å²) in [5.41, 5.74) is 0. The third-order valence-corrected chi connectivity index (χ3v) is 13.5. The molecule has 0 rings (SSSR count). The smallest absolute Gasteiger partial charge is 0.306 e. The number of allylic oxidation sites excluding steroid dienone is 2. The Bertz CT molecular complexity index is 1020. The molecule has 6 heteroatoms. The maximum Gasteiger partial charge on any atom is 0.306 e. The zero-order chi connectivity index (χ0) is 47.9. The van der Waals surface area contributed by atoms with Crippen molar-refractivity contribution in [2.24, 2.45) is 0 Å². The van der Waals surface area contributed by atoms with Crippen LogP contribution in [-0.4, -0.2) is 37.2 Å². The lowest BCUT2D eigenvalue weighted by atomic mass is 10.0. The summed E-state index contributed by atoms with van der Waals surface area (Å²) in [7, 11) is 0. The molecule has 390 valence electrons. The molecule has 0 aliphatic heterocycles. The standard InChI is InChI=1S/C60H114O6/c1-4-7-10-13-16-18-20-22-24-26-27-28-29-30-31-32-34-35-37-39-41-44-47-50-53-59(62)65-56-57(55-64-58(61)52-49-46-43-15-12-9-6-3)66-60(63)54-51-48-45-42-40-38-36-33-25-23-21-19-17-14-11-8-5-2/h23,25,57H,4-22,24,26-56H2,1-3H3/b25-23-. The summed E-state index contributed by atoms with van der Waals surface area (Å²) in [5.74, 6) is -0.856. The first-order valence-electron chi connectivity index (χ1n) is 29.7. The van der Waals surface area contributed by atoms with Crippen LogP contribution < -0.4 is 0 Å². The third kappa shape index (κ3) is 53.1. The fourth-order valence-corrected chi connectivity index (χ4v) is 9.03. The van der Waals surface area contributed by atoms with Crippen molar-refractivity contribution in [1.82, 2.24) is 0 Å². The van der Waals surface area contributed by atoms with Crippen molar-refractivity contribution in [1.29, 1.82) is 0 Å². The van der Waals surface area contributed by atoms with Crippen LogP contribution in [0, 0.1) is 0 Å². The first-order chi connectivity index (χ1) is 32.5. The van der Waals surface area contributed by atoms with Gasteiger partial charge in [0.25, 0.3) is 0 Å². The number of esters is 3. The van der Waals surface area contributed by atoms with Gasteiger partial charge in [0, 0.05) is 19.3 Å². The SMILES string of the molecule is CCCCCCCC/C=C\CCCCCCCCCC(=O)OC(COC(=O)CCCCCCCCC)COC(=O)CCCCCCCCCCCCCCCCCCCCCCCCCC. The molecule has 0 aromatic rings. The second-order valence-corrected chi connectivity index (χ2v) is 20.3. The number of rotatable bonds is 55. The lowest BCUT2D eigenvalue weighted by molar-refractivity contribution is -0.167. The Kier molecular flexibility index (Phi) is 54.2. The van der Waals surface area contributed by atoms with E-state index in [1.165, 1.54) is 238 Å². The molecule has 0 amide bonds. The van der Waals surface area contributed by atoms with Crippen molar-refractivity contribution in [3.63, 3.8) is 0 Å². The average Bonchev–Trinajstić information content (AvgIpc) is 3.31. The van der Waals surface area contributed by atoms with Crippen molar-refractivity contribution in [3.05, 3.63) is 12.2 Å². The van der Waals surface area contributed by atoms with Gasteiger partial charge in [-0.25, -0.2) is 0 Å². The van der Waals surface area contributed by atoms with E-state index in [1.807, 2.05) is 0 Å². The molecule has 0 N–H and O–H groups in total. The first kappa shape index (κ1) is 64.2. The highest BCUT2D eigenvalue weighted by Crippen LogP contribution is 2.17. The van der Waals surface area contributed by atoms with Crippen LogP contribution in [0.3, 0.4) is 0 Å². The fraction of sp³-hybridized carbons (Fsp3) is 0.917. The van der Waals surface area contributed by atoms with E-state index < -0.39 is 6.10 Å². The van der Waals surface area contributed by atoms with Crippen LogP contribution in [0.4, 0.5) is 0 Å². The van der Waals surface area contributed by atoms with Gasteiger partial charge >= 0.3 is 17.9 Å². The van der Waals surface area contributed by atoms with Gasteiger partial charge in [-0.2, -0.15) is 0 Å². The molecule has 0 saturated heterocycles. The normalized spacial score (nSPS) is 12.0. The topological polar surface area (TPSA) is 78.9 Å². The third-order valence-electron chi connectivity index (χ3n) is 13.5. The first-order valence-corrected chi connectivity index (χ1v) is 29.7. The highest BCUT2D eigenvalue weighted by Gasteiger charge is 2.19. The molecule has 6 nitrogen and oxygen atoms in total. The van der Waals surface area contributed by atoms with Gasteiger partial charge in [-0.3, -0.25) is 14.4 Å². The van der Waals surface area contributed by atoms with E-state index in [0.29, 0.717) is 19.3 Å². The number of carbonyl (C=O) groups excluding carboxylic acids is 3. The summed E-state index contributed by atoms with van der Waals surface area (Å²) in [6, 6.07) is 0. The number of hydrogen-bond acceptors (Lipinski definition) is 6. The maximum absolute atomic E-state index is 12.8. The van der Waals surface area contributed by atoms with E-state index >= 15 is 0 Å². The van der Waals surface area contributed by atoms with Crippen molar-refractivity contribution in [3.8, 4) is 0 Å². The van der Waals surface area contributed by atoms with Gasteiger partial charge in [-0.05, 0) is 44.9 Å². The Morgan fingerprint density at radius 2 is 0.500 bits per heavy atom. The van der Waals surface area contributed by atoms with Crippen molar-refractivity contribution in [2.45, 2.75) is 341 Å². The van der Waals surface area contributed by atoms with Crippen LogP contribution >= 0.6 is 0 Å². The summed E-state index contributed by atoms with van der Waals surface area (Å²) in [6.45, 7) is 6.65. The molecule has 0 aliphatic rings. The average molecular weight is 932 g/mol. The Morgan fingerprint density at radius 1 is 0.288 bits per heavy atom. The van der Waals surface area contributed by atoms with E-state index in [-0.39, 0.29) is 31.1 Å². The van der Waals surface area contributed by atoms with E-state index in [0.717, 1.165) is 57.8 Å². The molecule has 0 radical (unpaired) electrons. The van der Waals surface area contributed by atoms with E-state index in [4.69, 9.17) is 14.2 Å². The van der Waals surface area contributed by atoms with Crippen LogP contribution in [0.5, 0.6) is 0 Å². The summed E-state index contributed by atoms with van der Waals surface area (Å²) < 4.78 is 16.8. The van der Waals surface area contributed by atoms with Gasteiger partial charge < -0.3 is 14.2 Å². The molecule has 0 bridgehead atoms. The predicted octanol–water partition coefficient (Wildman–Crippen LogP) is 19.7. The minimum Gasteiger partial charge on any atom is -0.462 e. The van der Waals surface area contributed by atoms with Crippen molar-refractivity contribution >= 4 is 17.9 Å². The molecule has 1 atom stereocenters. The van der Waals surface area contributed by atoms with Gasteiger partial charge in [-0.15, -0.1) is 0 Å². The highest BCUT2D eigenvalue weighted by atomic mass is 16.6. The Balaban J connectivity index is 4.09. The number of hydrogen-bond donors (Lipinski definition) is 0. The minimum absolute atomic E-state index is 0.0665. The minimum atomic E-state index is -0.765. The largest absolute Gasteiger partial charge is 0.462 e. The van der Waals surface area contributed by atoms with Gasteiger partial charge in [-0.1, -0.05) is 283 Å². The zero-order valence-electron chi connectivity index (χ0n) is 44.7. The molecule has 0 spiro atoms. The second kappa shape index (κ2) is 55.7.